The maximum atomic E-state index is 12.4. The Morgan fingerprint density at radius 3 is 2.89 bits per heavy atom. The van der Waals surface area contributed by atoms with Crippen molar-refractivity contribution in [3.05, 3.63) is 28.5 Å². The van der Waals surface area contributed by atoms with Crippen molar-refractivity contribution in [2.75, 3.05) is 26.3 Å². The van der Waals surface area contributed by atoms with E-state index in [-0.39, 0.29) is 5.91 Å². The predicted octanol–water partition coefficient (Wildman–Crippen LogP) is 1.82. The lowest BCUT2D eigenvalue weighted by molar-refractivity contribution is -0.183. The first kappa shape index (κ1) is 13.0. The highest BCUT2D eigenvalue weighted by Gasteiger charge is 2.42. The fourth-order valence-corrected chi connectivity index (χ4v) is 2.93. The molecule has 2 fully saturated rings. The number of piperidine rings is 1. The van der Waals surface area contributed by atoms with E-state index in [0.29, 0.717) is 30.1 Å². The molecule has 6 heteroatoms. The van der Waals surface area contributed by atoms with Gasteiger partial charge in [0.15, 0.2) is 5.79 Å². The average molecular weight is 327 g/mol. The number of halogens is 1. The van der Waals surface area contributed by atoms with Crippen LogP contribution in [0.4, 0.5) is 0 Å². The summed E-state index contributed by atoms with van der Waals surface area (Å²) < 4.78 is 12.0. The van der Waals surface area contributed by atoms with Crippen LogP contribution in [0, 0.1) is 0 Å². The molecule has 1 aromatic heterocycles. The molecule has 3 heterocycles. The van der Waals surface area contributed by atoms with E-state index in [0.717, 1.165) is 19.4 Å². The average Bonchev–Trinajstić information content (AvgIpc) is 2.86. The third-order valence-electron chi connectivity index (χ3n) is 3.45. The van der Waals surface area contributed by atoms with Crippen molar-refractivity contribution in [2.24, 2.45) is 0 Å². The molecule has 1 spiro atoms. The fraction of sp³-hybridized carbons (Fsp3) is 0.538. The molecule has 0 atom stereocenters. The molecule has 1 aromatic rings. The van der Waals surface area contributed by atoms with Crippen molar-refractivity contribution in [1.82, 2.24) is 9.88 Å². The van der Waals surface area contributed by atoms with Crippen molar-refractivity contribution in [3.8, 4) is 0 Å². The summed E-state index contributed by atoms with van der Waals surface area (Å²) in [7, 11) is 0. The monoisotopic (exact) mass is 326 g/mol. The Morgan fingerprint density at radius 2 is 2.16 bits per heavy atom. The number of hydrogen-bond acceptors (Lipinski definition) is 4. The van der Waals surface area contributed by atoms with E-state index in [1.165, 1.54) is 0 Å². The fourth-order valence-electron chi connectivity index (χ4n) is 2.58. The standard InChI is InChI=1S/C13H15BrN2O3/c14-11-4-1-3-10(15-11)12(17)16-6-2-5-13(9-16)18-7-8-19-13/h1,3-4H,2,5-9H2. The van der Waals surface area contributed by atoms with Crippen LogP contribution < -0.4 is 0 Å². The second kappa shape index (κ2) is 5.19. The number of hydrogen-bond donors (Lipinski definition) is 0. The first-order valence-corrected chi connectivity index (χ1v) is 7.18. The van der Waals surface area contributed by atoms with Crippen molar-refractivity contribution in [3.63, 3.8) is 0 Å². The second-order valence-electron chi connectivity index (χ2n) is 4.78. The number of carbonyl (C=O) groups is 1. The Hall–Kier alpha value is -0.980. The van der Waals surface area contributed by atoms with Gasteiger partial charge in [0.25, 0.3) is 5.91 Å². The number of pyridine rings is 1. The maximum Gasteiger partial charge on any atom is 0.272 e. The summed E-state index contributed by atoms with van der Waals surface area (Å²) in [4.78, 5) is 18.4. The van der Waals surface area contributed by atoms with E-state index in [1.807, 2.05) is 6.07 Å². The van der Waals surface area contributed by atoms with Gasteiger partial charge in [-0.3, -0.25) is 4.79 Å². The first-order chi connectivity index (χ1) is 9.19. The number of likely N-dealkylation sites (tertiary alicyclic amines) is 1. The van der Waals surface area contributed by atoms with Gasteiger partial charge in [0.2, 0.25) is 0 Å². The number of aromatic nitrogens is 1. The molecule has 0 aromatic carbocycles. The van der Waals surface area contributed by atoms with Gasteiger partial charge in [0.05, 0.1) is 19.8 Å². The molecule has 0 unspecified atom stereocenters. The number of amides is 1. The van der Waals surface area contributed by atoms with Crippen LogP contribution >= 0.6 is 15.9 Å². The van der Waals surface area contributed by atoms with Crippen LogP contribution in [-0.2, 0) is 9.47 Å². The quantitative estimate of drug-likeness (QED) is 0.739. The lowest BCUT2D eigenvalue weighted by atomic mass is 10.0. The van der Waals surface area contributed by atoms with Gasteiger partial charge in [-0.2, -0.15) is 0 Å². The summed E-state index contributed by atoms with van der Waals surface area (Å²) in [5, 5.41) is 0. The molecule has 102 valence electrons. The number of carbonyl (C=O) groups excluding carboxylic acids is 1. The van der Waals surface area contributed by atoms with Gasteiger partial charge >= 0.3 is 0 Å². The predicted molar refractivity (Wildman–Crippen MR) is 71.7 cm³/mol. The van der Waals surface area contributed by atoms with Crippen molar-refractivity contribution < 1.29 is 14.3 Å². The zero-order valence-electron chi connectivity index (χ0n) is 10.5. The highest BCUT2D eigenvalue weighted by atomic mass is 79.9. The van der Waals surface area contributed by atoms with Gasteiger partial charge in [-0.1, -0.05) is 6.07 Å². The highest BCUT2D eigenvalue weighted by molar-refractivity contribution is 9.10. The zero-order valence-corrected chi connectivity index (χ0v) is 12.1. The molecule has 0 N–H and O–H groups in total. The summed E-state index contributed by atoms with van der Waals surface area (Å²) in [5.41, 5.74) is 0.449. The van der Waals surface area contributed by atoms with Crippen molar-refractivity contribution in [1.29, 1.82) is 0 Å². The van der Waals surface area contributed by atoms with E-state index in [9.17, 15) is 4.79 Å². The minimum absolute atomic E-state index is 0.0699. The summed E-state index contributed by atoms with van der Waals surface area (Å²) in [6.45, 7) is 2.43. The molecular weight excluding hydrogens is 312 g/mol. The van der Waals surface area contributed by atoms with Gasteiger partial charge in [-0.15, -0.1) is 0 Å². The topological polar surface area (TPSA) is 51.7 Å². The molecule has 0 saturated carbocycles. The maximum absolute atomic E-state index is 12.4. The Kier molecular flexibility index (Phi) is 3.56. The summed E-state index contributed by atoms with van der Waals surface area (Å²) in [6.07, 6.45) is 1.74. The zero-order chi connectivity index (χ0) is 13.3. The van der Waals surface area contributed by atoms with Crippen LogP contribution in [0.25, 0.3) is 0 Å². The van der Waals surface area contributed by atoms with Crippen molar-refractivity contribution in [2.45, 2.75) is 18.6 Å². The van der Waals surface area contributed by atoms with Gasteiger partial charge in [-0.25, -0.2) is 4.98 Å². The molecule has 0 aliphatic carbocycles. The van der Waals surface area contributed by atoms with Gasteiger partial charge in [-0.05, 0) is 34.5 Å². The highest BCUT2D eigenvalue weighted by Crippen LogP contribution is 2.30. The van der Waals surface area contributed by atoms with Crippen LogP contribution in [0.2, 0.25) is 0 Å². The van der Waals surface area contributed by atoms with Gasteiger partial charge < -0.3 is 14.4 Å². The normalized spacial score (nSPS) is 21.8. The lowest BCUT2D eigenvalue weighted by Crippen LogP contribution is -2.51. The minimum atomic E-state index is -0.583. The molecule has 0 radical (unpaired) electrons. The Labute approximate surface area is 120 Å². The van der Waals surface area contributed by atoms with Crippen LogP contribution in [0.15, 0.2) is 22.8 Å². The van der Waals surface area contributed by atoms with Crippen LogP contribution in [0.1, 0.15) is 23.3 Å². The third-order valence-corrected chi connectivity index (χ3v) is 3.89. The molecule has 3 rings (SSSR count). The summed E-state index contributed by atoms with van der Waals surface area (Å²) in [5.74, 6) is -0.653. The molecule has 1 amide bonds. The van der Waals surface area contributed by atoms with Crippen LogP contribution in [0.5, 0.6) is 0 Å². The molecule has 19 heavy (non-hydrogen) atoms. The van der Waals surface area contributed by atoms with Gasteiger partial charge in [0, 0.05) is 13.0 Å². The van der Waals surface area contributed by atoms with Gasteiger partial charge in [0.1, 0.15) is 10.3 Å². The van der Waals surface area contributed by atoms with E-state index >= 15 is 0 Å². The number of ether oxygens (including phenoxy) is 2. The molecule has 2 aliphatic rings. The molecule has 2 saturated heterocycles. The Balaban J connectivity index is 1.76. The third kappa shape index (κ3) is 2.66. The summed E-state index contributed by atoms with van der Waals surface area (Å²) in [6, 6.07) is 5.34. The van der Waals surface area contributed by atoms with Crippen LogP contribution in [0.3, 0.4) is 0 Å². The largest absolute Gasteiger partial charge is 0.346 e. The van der Waals surface area contributed by atoms with Crippen LogP contribution in [-0.4, -0.2) is 47.9 Å². The van der Waals surface area contributed by atoms with E-state index in [2.05, 4.69) is 20.9 Å². The molecule has 5 nitrogen and oxygen atoms in total. The first-order valence-electron chi connectivity index (χ1n) is 6.38. The molecule has 0 bridgehead atoms. The van der Waals surface area contributed by atoms with E-state index in [4.69, 9.17) is 9.47 Å². The minimum Gasteiger partial charge on any atom is -0.346 e. The molecule has 2 aliphatic heterocycles. The van der Waals surface area contributed by atoms with E-state index < -0.39 is 5.79 Å². The Morgan fingerprint density at radius 1 is 1.37 bits per heavy atom. The second-order valence-corrected chi connectivity index (χ2v) is 5.60. The summed E-state index contributed by atoms with van der Waals surface area (Å²) >= 11 is 3.28. The van der Waals surface area contributed by atoms with Crippen molar-refractivity contribution >= 4 is 21.8 Å². The SMILES string of the molecule is O=C(c1cccc(Br)n1)N1CCCC2(C1)OCCO2. The van der Waals surface area contributed by atoms with E-state index in [1.54, 1.807) is 17.0 Å². The Bertz CT molecular complexity index is 489. The smallest absolute Gasteiger partial charge is 0.272 e. The number of nitrogens with zero attached hydrogens (tertiary/aromatic N) is 2. The number of rotatable bonds is 1. The molecular formula is C13H15BrN2O3. The lowest BCUT2D eigenvalue weighted by Gasteiger charge is -2.38.